The zero-order chi connectivity index (χ0) is 29.5. The summed E-state index contributed by atoms with van der Waals surface area (Å²) in [5.41, 5.74) is 14.5. The van der Waals surface area contributed by atoms with Crippen molar-refractivity contribution >= 4 is 43.7 Å². The minimum atomic E-state index is 0.252. The van der Waals surface area contributed by atoms with E-state index in [1.54, 1.807) is 0 Å². The van der Waals surface area contributed by atoms with Crippen LogP contribution in [0.4, 0.5) is 0 Å². The molecule has 2 aromatic heterocycles. The maximum atomic E-state index is 6.31. The van der Waals surface area contributed by atoms with E-state index >= 15 is 0 Å². The van der Waals surface area contributed by atoms with Gasteiger partial charge in [0.1, 0.15) is 11.2 Å². The van der Waals surface area contributed by atoms with E-state index < -0.39 is 0 Å². The fourth-order valence-electron chi connectivity index (χ4n) is 7.74. The second-order valence-electron chi connectivity index (χ2n) is 12.1. The maximum absolute atomic E-state index is 6.31. The number of para-hydroxylation sites is 2. The van der Waals surface area contributed by atoms with Crippen LogP contribution in [0.25, 0.3) is 71.7 Å². The average Bonchev–Trinajstić information content (AvgIpc) is 3.76. The third-order valence-electron chi connectivity index (χ3n) is 9.69. The van der Waals surface area contributed by atoms with Crippen LogP contribution in [-0.4, -0.2) is 4.57 Å². The molecule has 0 fully saturated rings. The Morgan fingerprint density at radius 2 is 1.13 bits per heavy atom. The van der Waals surface area contributed by atoms with Gasteiger partial charge in [-0.2, -0.15) is 0 Å². The molecule has 0 N–H and O–H groups in total. The van der Waals surface area contributed by atoms with E-state index in [0.717, 1.165) is 27.6 Å². The summed E-state index contributed by atoms with van der Waals surface area (Å²) in [6, 6.07) is 57.2. The lowest BCUT2D eigenvalue weighted by molar-refractivity contribution is 0.669. The van der Waals surface area contributed by atoms with Crippen molar-refractivity contribution in [3.63, 3.8) is 0 Å². The van der Waals surface area contributed by atoms with Gasteiger partial charge in [-0.15, -0.1) is 0 Å². The van der Waals surface area contributed by atoms with Crippen molar-refractivity contribution in [2.75, 3.05) is 0 Å². The van der Waals surface area contributed by atoms with Crippen molar-refractivity contribution in [3.8, 4) is 27.9 Å². The molecule has 0 saturated heterocycles. The predicted octanol–water partition coefficient (Wildman–Crippen LogP) is 11.5. The summed E-state index contributed by atoms with van der Waals surface area (Å²) in [6.45, 7) is 0. The second kappa shape index (κ2) is 9.32. The monoisotopic (exact) mass is 573 g/mol. The number of furan rings is 1. The summed E-state index contributed by atoms with van der Waals surface area (Å²) in [6.07, 6.45) is 0. The zero-order valence-corrected chi connectivity index (χ0v) is 24.4. The van der Waals surface area contributed by atoms with Gasteiger partial charge in [0.25, 0.3) is 0 Å². The van der Waals surface area contributed by atoms with Crippen LogP contribution < -0.4 is 0 Å². The molecule has 210 valence electrons. The third kappa shape index (κ3) is 3.51. The lowest BCUT2D eigenvalue weighted by Crippen LogP contribution is -1.98. The summed E-state index contributed by atoms with van der Waals surface area (Å²) in [5.74, 6) is 0.252. The third-order valence-corrected chi connectivity index (χ3v) is 9.69. The van der Waals surface area contributed by atoms with Crippen LogP contribution in [0.5, 0.6) is 0 Å². The topological polar surface area (TPSA) is 18.1 Å². The number of rotatable bonds is 3. The Hall–Kier alpha value is -5.86. The Morgan fingerprint density at radius 3 is 2.07 bits per heavy atom. The molecule has 2 heteroatoms. The van der Waals surface area contributed by atoms with E-state index in [9.17, 15) is 0 Å². The van der Waals surface area contributed by atoms with Crippen molar-refractivity contribution in [1.29, 1.82) is 0 Å². The zero-order valence-electron chi connectivity index (χ0n) is 24.4. The van der Waals surface area contributed by atoms with Crippen LogP contribution in [0.15, 0.2) is 162 Å². The molecule has 7 aromatic carbocycles. The Bertz CT molecular complexity index is 2600. The highest BCUT2D eigenvalue weighted by molar-refractivity contribution is 6.14. The molecule has 0 radical (unpaired) electrons. The van der Waals surface area contributed by atoms with E-state index in [0.29, 0.717) is 0 Å². The number of benzene rings is 7. The molecule has 0 bridgehead atoms. The number of nitrogens with zero attached hydrogens (tertiary/aromatic N) is 1. The number of fused-ring (bicyclic) bond motifs is 9. The Labute approximate surface area is 260 Å². The largest absolute Gasteiger partial charge is 0.456 e. The molecule has 10 rings (SSSR count). The first kappa shape index (κ1) is 24.6. The van der Waals surface area contributed by atoms with Gasteiger partial charge in [-0.1, -0.05) is 121 Å². The van der Waals surface area contributed by atoms with Gasteiger partial charge in [0, 0.05) is 22.1 Å². The van der Waals surface area contributed by atoms with Crippen molar-refractivity contribution in [1.82, 2.24) is 4.57 Å². The molecule has 2 heterocycles. The van der Waals surface area contributed by atoms with Gasteiger partial charge in [-0.3, -0.25) is 0 Å². The van der Waals surface area contributed by atoms with Gasteiger partial charge in [0.15, 0.2) is 0 Å². The van der Waals surface area contributed by atoms with Crippen molar-refractivity contribution < 1.29 is 4.42 Å². The number of hydrogen-bond acceptors (Lipinski definition) is 1. The number of hydrogen-bond donors (Lipinski definition) is 0. The molecule has 1 atom stereocenters. The standard InChI is InChI=1S/C43H27NO/c1-2-11-27(12-3-1)42-33-15-5-4-13-30(33)36-25-28(22-24-34(36)42)29-21-23-32-31-14-6-8-17-37(31)44(39(32)26-29)38-18-10-20-41-43(38)35-16-7-9-19-40(35)45-41/h1-26,42H. The normalized spacial score (nSPS) is 14.0. The van der Waals surface area contributed by atoms with Crippen LogP contribution in [-0.2, 0) is 0 Å². The molecule has 9 aromatic rings. The average molecular weight is 574 g/mol. The predicted molar refractivity (Wildman–Crippen MR) is 186 cm³/mol. The summed E-state index contributed by atoms with van der Waals surface area (Å²) >= 11 is 0. The minimum Gasteiger partial charge on any atom is -0.456 e. The smallest absolute Gasteiger partial charge is 0.137 e. The fourth-order valence-corrected chi connectivity index (χ4v) is 7.74. The SMILES string of the molecule is c1ccc(C2c3ccccc3-c3cc(-c4ccc5c6ccccc6n(-c6cccc7oc8ccccc8c67)c5c4)ccc32)cc1. The first-order chi connectivity index (χ1) is 22.3. The van der Waals surface area contributed by atoms with Crippen molar-refractivity contribution in [3.05, 3.63) is 174 Å². The summed E-state index contributed by atoms with van der Waals surface area (Å²) < 4.78 is 8.73. The Morgan fingerprint density at radius 1 is 0.444 bits per heavy atom. The van der Waals surface area contributed by atoms with Crippen molar-refractivity contribution in [2.45, 2.75) is 5.92 Å². The van der Waals surface area contributed by atoms with Gasteiger partial charge >= 0.3 is 0 Å². The molecule has 1 unspecified atom stereocenters. The van der Waals surface area contributed by atoms with Gasteiger partial charge in [0.2, 0.25) is 0 Å². The van der Waals surface area contributed by atoms with E-state index in [1.165, 1.54) is 60.8 Å². The highest BCUT2D eigenvalue weighted by Crippen LogP contribution is 2.49. The molecule has 0 aliphatic heterocycles. The van der Waals surface area contributed by atoms with E-state index in [1.807, 2.05) is 6.07 Å². The summed E-state index contributed by atoms with van der Waals surface area (Å²) in [4.78, 5) is 0. The van der Waals surface area contributed by atoms with Crippen LogP contribution in [0.2, 0.25) is 0 Å². The Balaban J connectivity index is 1.21. The van der Waals surface area contributed by atoms with E-state index in [-0.39, 0.29) is 5.92 Å². The maximum Gasteiger partial charge on any atom is 0.137 e. The first-order valence-electron chi connectivity index (χ1n) is 15.6. The quantitative estimate of drug-likeness (QED) is 0.206. The van der Waals surface area contributed by atoms with Crippen molar-refractivity contribution in [2.24, 2.45) is 0 Å². The molecule has 0 saturated carbocycles. The lowest BCUT2D eigenvalue weighted by Gasteiger charge is -2.15. The highest BCUT2D eigenvalue weighted by atomic mass is 16.3. The van der Waals surface area contributed by atoms with Gasteiger partial charge in [-0.05, 0) is 75.3 Å². The molecule has 0 spiro atoms. The molecular weight excluding hydrogens is 546 g/mol. The number of aromatic nitrogens is 1. The molecule has 1 aliphatic carbocycles. The fraction of sp³-hybridized carbons (Fsp3) is 0.0233. The van der Waals surface area contributed by atoms with E-state index in [2.05, 4.69) is 156 Å². The van der Waals surface area contributed by atoms with Crippen LogP contribution in [0, 0.1) is 0 Å². The van der Waals surface area contributed by atoms with Crippen LogP contribution in [0.3, 0.4) is 0 Å². The van der Waals surface area contributed by atoms with Gasteiger partial charge < -0.3 is 8.98 Å². The molecule has 2 nitrogen and oxygen atoms in total. The second-order valence-corrected chi connectivity index (χ2v) is 12.1. The summed E-state index contributed by atoms with van der Waals surface area (Å²) in [5, 5.41) is 4.77. The lowest BCUT2D eigenvalue weighted by atomic mass is 9.89. The Kier molecular flexibility index (Phi) is 5.09. The molecule has 0 amide bonds. The van der Waals surface area contributed by atoms with Crippen LogP contribution >= 0.6 is 0 Å². The van der Waals surface area contributed by atoms with E-state index in [4.69, 9.17) is 4.42 Å². The molecule has 45 heavy (non-hydrogen) atoms. The minimum absolute atomic E-state index is 0.252. The first-order valence-corrected chi connectivity index (χ1v) is 15.6. The summed E-state index contributed by atoms with van der Waals surface area (Å²) in [7, 11) is 0. The van der Waals surface area contributed by atoms with Gasteiger partial charge in [0.05, 0.1) is 22.1 Å². The molecule has 1 aliphatic rings. The van der Waals surface area contributed by atoms with Crippen LogP contribution in [0.1, 0.15) is 22.6 Å². The molecular formula is C43H27NO. The van der Waals surface area contributed by atoms with Gasteiger partial charge in [-0.25, -0.2) is 0 Å². The highest BCUT2D eigenvalue weighted by Gasteiger charge is 2.30.